The molecule has 3 rings (SSSR count). The topological polar surface area (TPSA) is 55.2 Å². The molecule has 0 aliphatic rings. The molecule has 2 aromatic carbocycles. The minimum atomic E-state index is -0.605. The molecule has 1 N–H and O–H groups in total. The molecule has 1 heterocycles. The molecule has 0 spiro atoms. The fourth-order valence-corrected chi connectivity index (χ4v) is 2.24. The maximum Gasteiger partial charge on any atom is 0.118 e. The van der Waals surface area contributed by atoms with Crippen molar-refractivity contribution < 1.29 is 9.84 Å². The van der Waals surface area contributed by atoms with Crippen LogP contribution in [0.2, 0.25) is 0 Å². The third-order valence-electron chi connectivity index (χ3n) is 3.40. The molecule has 0 radical (unpaired) electrons. The number of para-hydroxylation sites is 2. The van der Waals surface area contributed by atoms with Crippen molar-refractivity contribution in [1.82, 2.24) is 9.97 Å². The predicted octanol–water partition coefficient (Wildman–Crippen LogP) is 2.91. The third kappa shape index (κ3) is 3.01. The van der Waals surface area contributed by atoms with Crippen LogP contribution >= 0.6 is 0 Å². The summed E-state index contributed by atoms with van der Waals surface area (Å²) in [5.74, 6) is 0.774. The van der Waals surface area contributed by atoms with Crippen molar-refractivity contribution in [3.63, 3.8) is 0 Å². The van der Waals surface area contributed by atoms with Crippen molar-refractivity contribution >= 4 is 11.0 Å². The summed E-state index contributed by atoms with van der Waals surface area (Å²) in [7, 11) is 1.62. The standard InChI is InChI=1S/C17H16N2O2/c1-21-14-8-6-12(7-9-14)17(20)10-13-11-18-15-4-2-3-5-16(15)19-13/h2-9,11,17,20H,10H2,1H3/t17-/m0/s1. The number of ether oxygens (including phenoxy) is 1. The summed E-state index contributed by atoms with van der Waals surface area (Å²) in [4.78, 5) is 8.89. The lowest BCUT2D eigenvalue weighted by Gasteiger charge is -2.11. The van der Waals surface area contributed by atoms with Gasteiger partial charge in [0.15, 0.2) is 0 Å². The number of hydrogen-bond acceptors (Lipinski definition) is 4. The van der Waals surface area contributed by atoms with E-state index in [0.717, 1.165) is 28.0 Å². The maximum absolute atomic E-state index is 10.3. The van der Waals surface area contributed by atoms with E-state index in [0.29, 0.717) is 6.42 Å². The van der Waals surface area contributed by atoms with E-state index >= 15 is 0 Å². The fourth-order valence-electron chi connectivity index (χ4n) is 2.24. The minimum Gasteiger partial charge on any atom is -0.497 e. The minimum absolute atomic E-state index is 0.435. The number of aromatic nitrogens is 2. The first-order valence-electron chi connectivity index (χ1n) is 6.79. The highest BCUT2D eigenvalue weighted by molar-refractivity contribution is 5.73. The van der Waals surface area contributed by atoms with E-state index in [1.807, 2.05) is 48.5 Å². The number of aliphatic hydroxyl groups is 1. The number of rotatable bonds is 4. The summed E-state index contributed by atoms with van der Waals surface area (Å²) in [6, 6.07) is 15.1. The van der Waals surface area contributed by atoms with Gasteiger partial charge >= 0.3 is 0 Å². The largest absolute Gasteiger partial charge is 0.497 e. The van der Waals surface area contributed by atoms with Crippen LogP contribution in [0.4, 0.5) is 0 Å². The van der Waals surface area contributed by atoms with Crippen LogP contribution in [-0.4, -0.2) is 22.2 Å². The van der Waals surface area contributed by atoms with E-state index in [-0.39, 0.29) is 0 Å². The van der Waals surface area contributed by atoms with Gasteiger partial charge in [0.25, 0.3) is 0 Å². The first-order chi connectivity index (χ1) is 10.3. The Morgan fingerprint density at radius 2 is 1.76 bits per heavy atom. The molecule has 1 aromatic heterocycles. The van der Waals surface area contributed by atoms with E-state index < -0.39 is 6.10 Å². The molecule has 0 saturated heterocycles. The Morgan fingerprint density at radius 1 is 1.05 bits per heavy atom. The molecule has 0 aliphatic heterocycles. The predicted molar refractivity (Wildman–Crippen MR) is 81.2 cm³/mol. The molecule has 21 heavy (non-hydrogen) atoms. The Labute approximate surface area is 123 Å². The van der Waals surface area contributed by atoms with Gasteiger partial charge in [-0.2, -0.15) is 0 Å². The van der Waals surface area contributed by atoms with Crippen molar-refractivity contribution in [2.75, 3.05) is 7.11 Å². The van der Waals surface area contributed by atoms with Crippen LogP contribution in [0.25, 0.3) is 11.0 Å². The zero-order chi connectivity index (χ0) is 14.7. The van der Waals surface area contributed by atoms with Crippen molar-refractivity contribution in [3.05, 3.63) is 66.0 Å². The number of aliphatic hydroxyl groups excluding tert-OH is 1. The lowest BCUT2D eigenvalue weighted by atomic mass is 10.0. The average molecular weight is 280 g/mol. The smallest absolute Gasteiger partial charge is 0.118 e. The molecule has 106 valence electrons. The van der Waals surface area contributed by atoms with Gasteiger partial charge in [-0.1, -0.05) is 24.3 Å². The molecule has 4 heteroatoms. The molecule has 0 unspecified atom stereocenters. The highest BCUT2D eigenvalue weighted by Gasteiger charge is 2.10. The number of methoxy groups -OCH3 is 1. The average Bonchev–Trinajstić information content (AvgIpc) is 2.55. The van der Waals surface area contributed by atoms with Gasteiger partial charge in [-0.3, -0.25) is 4.98 Å². The van der Waals surface area contributed by atoms with Crippen LogP contribution in [0, 0.1) is 0 Å². The zero-order valence-corrected chi connectivity index (χ0v) is 11.7. The highest BCUT2D eigenvalue weighted by atomic mass is 16.5. The van der Waals surface area contributed by atoms with Crippen LogP contribution < -0.4 is 4.74 Å². The van der Waals surface area contributed by atoms with Crippen molar-refractivity contribution in [2.24, 2.45) is 0 Å². The maximum atomic E-state index is 10.3. The van der Waals surface area contributed by atoms with Crippen molar-refractivity contribution in [3.8, 4) is 5.75 Å². The van der Waals surface area contributed by atoms with Crippen LogP contribution in [0.3, 0.4) is 0 Å². The lowest BCUT2D eigenvalue weighted by molar-refractivity contribution is 0.177. The van der Waals surface area contributed by atoms with Gasteiger partial charge in [-0.15, -0.1) is 0 Å². The summed E-state index contributed by atoms with van der Waals surface area (Å²) < 4.78 is 5.11. The Kier molecular flexibility index (Phi) is 3.79. The van der Waals surface area contributed by atoms with Gasteiger partial charge in [0.2, 0.25) is 0 Å². The summed E-state index contributed by atoms with van der Waals surface area (Å²) in [5.41, 5.74) is 3.32. The summed E-state index contributed by atoms with van der Waals surface area (Å²) >= 11 is 0. The fraction of sp³-hybridized carbons (Fsp3) is 0.176. The van der Waals surface area contributed by atoms with E-state index in [2.05, 4.69) is 9.97 Å². The molecule has 0 amide bonds. The van der Waals surface area contributed by atoms with Gasteiger partial charge in [-0.05, 0) is 29.8 Å². The number of benzene rings is 2. The highest BCUT2D eigenvalue weighted by Crippen LogP contribution is 2.21. The van der Waals surface area contributed by atoms with Crippen LogP contribution in [0.1, 0.15) is 17.4 Å². The van der Waals surface area contributed by atoms with Crippen molar-refractivity contribution in [1.29, 1.82) is 0 Å². The second-order valence-corrected chi connectivity index (χ2v) is 4.84. The molecule has 4 nitrogen and oxygen atoms in total. The van der Waals surface area contributed by atoms with E-state index in [1.54, 1.807) is 13.3 Å². The molecule has 0 bridgehead atoms. The number of hydrogen-bond donors (Lipinski definition) is 1. The molecule has 3 aromatic rings. The Hall–Kier alpha value is -2.46. The van der Waals surface area contributed by atoms with Crippen molar-refractivity contribution in [2.45, 2.75) is 12.5 Å². The normalized spacial score (nSPS) is 12.3. The van der Waals surface area contributed by atoms with Crippen LogP contribution in [0.5, 0.6) is 5.75 Å². The third-order valence-corrected chi connectivity index (χ3v) is 3.40. The molecule has 0 saturated carbocycles. The van der Waals surface area contributed by atoms with Gasteiger partial charge in [0.05, 0.1) is 29.9 Å². The van der Waals surface area contributed by atoms with Gasteiger partial charge < -0.3 is 9.84 Å². The van der Waals surface area contributed by atoms with Gasteiger partial charge in [0.1, 0.15) is 5.75 Å². The van der Waals surface area contributed by atoms with E-state index in [9.17, 15) is 5.11 Å². The second kappa shape index (κ2) is 5.89. The van der Waals surface area contributed by atoms with Crippen LogP contribution in [-0.2, 0) is 6.42 Å². The number of nitrogens with zero attached hydrogens (tertiary/aromatic N) is 2. The number of fused-ring (bicyclic) bond motifs is 1. The molecular weight excluding hydrogens is 264 g/mol. The molecule has 1 atom stereocenters. The molecule has 0 fully saturated rings. The lowest BCUT2D eigenvalue weighted by Crippen LogP contribution is -2.04. The first-order valence-corrected chi connectivity index (χ1v) is 6.79. The second-order valence-electron chi connectivity index (χ2n) is 4.84. The van der Waals surface area contributed by atoms with E-state index in [4.69, 9.17) is 4.74 Å². The Balaban J connectivity index is 1.79. The zero-order valence-electron chi connectivity index (χ0n) is 11.7. The first kappa shape index (κ1) is 13.5. The van der Waals surface area contributed by atoms with Gasteiger partial charge in [0, 0.05) is 12.6 Å². The Bertz CT molecular complexity index is 741. The summed E-state index contributed by atoms with van der Waals surface area (Å²) in [5, 5.41) is 10.3. The SMILES string of the molecule is COc1ccc([C@@H](O)Cc2cnc3ccccc3n2)cc1. The van der Waals surface area contributed by atoms with Crippen LogP contribution in [0.15, 0.2) is 54.7 Å². The van der Waals surface area contributed by atoms with Gasteiger partial charge in [-0.25, -0.2) is 4.98 Å². The quantitative estimate of drug-likeness (QED) is 0.798. The summed E-state index contributed by atoms with van der Waals surface area (Å²) in [6.07, 6.45) is 1.55. The monoisotopic (exact) mass is 280 g/mol. The Morgan fingerprint density at radius 3 is 2.48 bits per heavy atom. The molecular formula is C17H16N2O2. The van der Waals surface area contributed by atoms with E-state index in [1.165, 1.54) is 0 Å². The summed E-state index contributed by atoms with van der Waals surface area (Å²) in [6.45, 7) is 0. The molecule has 0 aliphatic carbocycles.